The maximum absolute atomic E-state index is 15.1. The van der Waals surface area contributed by atoms with Crippen molar-refractivity contribution in [3.05, 3.63) is 121 Å². The van der Waals surface area contributed by atoms with Crippen LogP contribution in [0.15, 0.2) is 110 Å². The molecule has 8 atom stereocenters. The molecule has 98 heavy (non-hydrogen) atoms. The second-order valence-electron chi connectivity index (χ2n) is 27.9. The van der Waals surface area contributed by atoms with Crippen molar-refractivity contribution in [2.75, 3.05) is 26.3 Å². The lowest BCUT2D eigenvalue weighted by atomic mass is 9.85. The number of nitrogens with one attached hydrogen (secondary N) is 4. The number of nitrogens with zero attached hydrogens (tertiary/aromatic N) is 6. The van der Waals surface area contributed by atoms with Crippen molar-refractivity contribution in [2.24, 2.45) is 16.7 Å². The molecule has 24 nitrogen and oxygen atoms in total. The zero-order chi connectivity index (χ0) is 70.4. The quantitative estimate of drug-likeness (QED) is 0.0739. The van der Waals surface area contributed by atoms with Gasteiger partial charge in [-0.15, -0.1) is 6.58 Å². The third-order valence-corrected chi connectivity index (χ3v) is 19.9. The third kappa shape index (κ3) is 15.7. The van der Waals surface area contributed by atoms with Gasteiger partial charge in [0.2, 0.25) is 39.5 Å². The van der Waals surface area contributed by atoms with Crippen molar-refractivity contribution in [3.8, 4) is 34.3 Å². The minimum Gasteiger partial charge on any atom is -0.480 e. The van der Waals surface area contributed by atoms with E-state index in [0.29, 0.717) is 68.6 Å². The Morgan fingerprint density at radius 2 is 1.07 bits per heavy atom. The van der Waals surface area contributed by atoms with E-state index in [9.17, 15) is 55.9 Å². The zero-order valence-corrected chi connectivity index (χ0v) is 55.5. The van der Waals surface area contributed by atoms with Gasteiger partial charge in [0, 0.05) is 42.7 Å². The summed E-state index contributed by atoms with van der Waals surface area (Å²) in [7, 11) is -3.96. The molecule has 4 aromatic carbocycles. The number of carbonyl (C=O) groups excluding carboxylic acids is 6. The van der Waals surface area contributed by atoms with Gasteiger partial charge in [-0.1, -0.05) is 108 Å². The number of carbonyl (C=O) groups is 7. The number of sulfonamides is 1. The molecule has 0 spiro atoms. The molecule has 2 saturated carbocycles. The van der Waals surface area contributed by atoms with Gasteiger partial charge >= 0.3 is 18.2 Å². The number of aliphatic carboxylic acids is 1. The van der Waals surface area contributed by atoms with Crippen molar-refractivity contribution < 1.29 is 83.6 Å². The number of halogens is 4. The lowest BCUT2D eigenvalue weighted by molar-refractivity contribution is -0.150. The summed E-state index contributed by atoms with van der Waals surface area (Å²) >= 11 is 0. The number of cyclic esters (lactones) is 2. The fourth-order valence-corrected chi connectivity index (χ4v) is 13.8. The minimum absolute atomic E-state index is 0.00992. The molecule has 2 saturated heterocycles. The molecule has 0 unspecified atom stereocenters. The van der Waals surface area contributed by atoms with Crippen molar-refractivity contribution in [1.82, 2.24) is 50.4 Å². The molecule has 2 aliphatic carbocycles. The summed E-state index contributed by atoms with van der Waals surface area (Å²) in [6.45, 7) is 11.0. The van der Waals surface area contributed by atoms with Crippen LogP contribution < -0.4 is 30.1 Å². The lowest BCUT2D eigenvalue weighted by Crippen LogP contribution is -2.60. The number of fused-ring (bicyclic) bond motifs is 14. The molecule has 0 radical (unpaired) electrons. The fraction of sp³-hybridized carbons (Fsp3) is 0.464. The Morgan fingerprint density at radius 3 is 1.48 bits per heavy atom. The van der Waals surface area contributed by atoms with Crippen molar-refractivity contribution in [1.29, 1.82) is 0 Å². The topological polar surface area (TPSA) is 317 Å². The van der Waals surface area contributed by atoms with Crippen LogP contribution in [0, 0.1) is 16.7 Å². The number of rotatable bonds is 7. The average molecular weight is 1380 g/mol. The van der Waals surface area contributed by atoms with Crippen molar-refractivity contribution in [3.63, 3.8) is 0 Å². The van der Waals surface area contributed by atoms with E-state index < -0.39 is 154 Å². The molecule has 520 valence electrons. The van der Waals surface area contributed by atoms with E-state index in [1.54, 1.807) is 133 Å². The summed E-state index contributed by atoms with van der Waals surface area (Å²) in [6.07, 6.45) is -3.13. The largest absolute Gasteiger partial charge is 0.480 e. The average Bonchev–Trinajstić information content (AvgIpc) is 1.56. The van der Waals surface area contributed by atoms with Gasteiger partial charge in [0.15, 0.2) is 13.2 Å². The van der Waals surface area contributed by atoms with Gasteiger partial charge in [-0.3, -0.25) is 23.9 Å². The van der Waals surface area contributed by atoms with Crippen LogP contribution in [0.3, 0.4) is 0 Å². The van der Waals surface area contributed by atoms with Gasteiger partial charge in [-0.05, 0) is 90.5 Å². The Hall–Kier alpha value is -9.54. The van der Waals surface area contributed by atoms with E-state index in [0.717, 1.165) is 4.90 Å². The highest BCUT2D eigenvalue weighted by Gasteiger charge is 2.62. The van der Waals surface area contributed by atoms with Crippen LogP contribution in [0.1, 0.15) is 97.6 Å². The molecule has 6 heterocycles. The number of carboxylic acid groups (broad SMARTS) is 1. The number of alkyl carbamates (subject to hydrolysis) is 2. The number of hydrogen-bond acceptors (Lipinski definition) is 17. The summed E-state index contributed by atoms with van der Waals surface area (Å²) < 4.78 is 110. The predicted octanol–water partition coefficient (Wildman–Crippen LogP) is 8.49. The molecule has 4 fully saturated rings. The van der Waals surface area contributed by atoms with Gasteiger partial charge in [0.05, 0.1) is 40.4 Å². The maximum Gasteiger partial charge on any atom is 0.408 e. The number of ether oxygens (including phenoxy) is 4. The minimum atomic E-state index is -3.96. The molecule has 8 bridgehead atoms. The van der Waals surface area contributed by atoms with E-state index in [1.165, 1.54) is 11.0 Å². The van der Waals surface area contributed by atoms with Crippen LogP contribution in [0.25, 0.3) is 44.6 Å². The Kier molecular flexibility index (Phi) is 19.3. The number of alkyl halides is 4. The van der Waals surface area contributed by atoms with Crippen molar-refractivity contribution in [2.45, 2.75) is 158 Å². The smallest absolute Gasteiger partial charge is 0.408 e. The standard InChI is InChI=1S/C39H44F2N6O8S.C30H32F2N4O6/c1-5-24-19-39(24,35(50)46-56(52,53)26-13-14-26)45-32(48)29-18-25-20-47(29)34(49)31(37(2,3)4)44-36(51)54-21-38(40,41)16-15-22-9-8-10-23(17-22)30-33(55-25)43-28-12-7-6-11-27(28)42-30;1-29(2,3)24-26(37)36-15-19(14-22(36)27(38)39)42-25-23(33-20-9-4-5-10-21(20)34-25)18-8-6-7-17(13-18)11-12-30(31,32)16-41-28(40)35-24/h5-12,17,24-26,29,31H,1,13-16,18-21H2,2-4H3,(H,44,51)(H,45,48)(H,46,50);4-10,13,19,22,24H,11-12,14-16H2,1-3H3,(H,35,40)(H,38,39)/t24-,25-,29+,31-,39-;19-,22+,24-/m11/s1. The van der Waals surface area contributed by atoms with Gasteiger partial charge in [0.25, 0.3) is 17.8 Å². The summed E-state index contributed by atoms with van der Waals surface area (Å²) in [6, 6.07) is 22.8. The molecule has 6 aromatic rings. The van der Waals surface area contributed by atoms with E-state index in [4.69, 9.17) is 33.9 Å². The van der Waals surface area contributed by atoms with Gasteiger partial charge in [0.1, 0.15) is 53.3 Å². The van der Waals surface area contributed by atoms with Crippen LogP contribution in [0.2, 0.25) is 0 Å². The summed E-state index contributed by atoms with van der Waals surface area (Å²) in [5.74, 6) is -11.5. The second kappa shape index (κ2) is 27.1. The summed E-state index contributed by atoms with van der Waals surface area (Å²) in [5, 5.41) is 16.9. The monoisotopic (exact) mass is 1380 g/mol. The Bertz CT molecular complexity index is 4260. The van der Waals surface area contributed by atoms with Crippen molar-refractivity contribution >= 4 is 73.9 Å². The van der Waals surface area contributed by atoms with Gasteiger partial charge in [-0.25, -0.2) is 60.3 Å². The molecule has 2 aromatic heterocycles. The Labute approximate surface area is 562 Å². The Balaban J connectivity index is 0.000000207. The molecular weight excluding hydrogens is 1300 g/mol. The van der Waals surface area contributed by atoms with Gasteiger partial charge in [-0.2, -0.15) is 0 Å². The van der Waals surface area contributed by atoms with E-state index in [-0.39, 0.29) is 57.0 Å². The summed E-state index contributed by atoms with van der Waals surface area (Å²) in [5.41, 5.74) is 1.58. The Morgan fingerprint density at radius 1 is 0.643 bits per heavy atom. The van der Waals surface area contributed by atoms with Crippen LogP contribution in [0.4, 0.5) is 27.2 Å². The first kappa shape index (κ1) is 69.8. The molecule has 6 aliphatic rings. The van der Waals surface area contributed by atoms with E-state index in [1.807, 2.05) is 6.07 Å². The first-order valence-corrected chi connectivity index (χ1v) is 33.8. The van der Waals surface area contributed by atoms with Crippen LogP contribution in [-0.4, -0.2) is 170 Å². The number of aromatic nitrogens is 4. The number of benzene rings is 4. The molecular formula is C69H76F4N10O14S. The number of aryl methyl sites for hydroxylation is 2. The second-order valence-corrected chi connectivity index (χ2v) is 29.8. The molecule has 5 N–H and O–H groups in total. The first-order valence-electron chi connectivity index (χ1n) is 32.2. The zero-order valence-electron chi connectivity index (χ0n) is 54.7. The maximum atomic E-state index is 15.1. The number of amides is 6. The molecule has 12 rings (SSSR count). The number of hydrogen-bond donors (Lipinski definition) is 5. The highest BCUT2D eigenvalue weighted by Crippen LogP contribution is 2.46. The van der Waals surface area contributed by atoms with Crippen LogP contribution in [-0.2, 0) is 56.3 Å². The lowest BCUT2D eigenvalue weighted by Gasteiger charge is -2.35. The first-order chi connectivity index (χ1) is 46.2. The summed E-state index contributed by atoms with van der Waals surface area (Å²) in [4.78, 5) is 115. The fourth-order valence-electron chi connectivity index (χ4n) is 12.4. The normalized spacial score (nSPS) is 25.2. The van der Waals surface area contributed by atoms with E-state index >= 15 is 8.78 Å². The number of para-hydroxylation sites is 4. The predicted molar refractivity (Wildman–Crippen MR) is 348 cm³/mol. The van der Waals surface area contributed by atoms with E-state index in [2.05, 4.69) is 32.2 Å². The highest BCUT2D eigenvalue weighted by molar-refractivity contribution is 7.91. The molecule has 29 heteroatoms. The molecule has 6 amide bonds. The van der Waals surface area contributed by atoms with Gasteiger partial charge < -0.3 is 49.8 Å². The highest BCUT2D eigenvalue weighted by atomic mass is 32.2. The molecule has 4 aliphatic heterocycles. The number of carboxylic acids is 1. The van der Waals surface area contributed by atoms with Crippen LogP contribution >= 0.6 is 0 Å². The van der Waals surface area contributed by atoms with Crippen LogP contribution in [0.5, 0.6) is 11.8 Å². The SMILES string of the molecule is C=C[C@@H]1C[C@]1(NC(=O)[C@@H]1C[C@@H]2CN1C(=O)[C@H](C(C)(C)C)NC(=O)OCC(F)(F)CCc1cccc(c1)-c1nc3ccccc3nc1O2)C(=O)NS(=O)(=O)C1CC1.CC(C)(C)[C@@H]1NC(=O)OCC(F)(F)CCc2cccc(c2)-c2nc3ccccc3nc2O[C@@H]2C[C@@H](C(=O)O)N(C2)C1=O. The third-order valence-electron chi connectivity index (χ3n) is 18.1.